The SMILES string of the molecule is CC(C)(C)OC(=O)NCCOc1ccc(Br)cc1C(=O)O. The van der Waals surface area contributed by atoms with Crippen LogP contribution in [0.1, 0.15) is 31.1 Å². The van der Waals surface area contributed by atoms with Crippen LogP contribution in [0, 0.1) is 0 Å². The van der Waals surface area contributed by atoms with Gasteiger partial charge in [-0.15, -0.1) is 0 Å². The highest BCUT2D eigenvalue weighted by molar-refractivity contribution is 9.10. The van der Waals surface area contributed by atoms with Crippen molar-refractivity contribution in [3.8, 4) is 5.75 Å². The Labute approximate surface area is 131 Å². The largest absolute Gasteiger partial charge is 0.491 e. The van der Waals surface area contributed by atoms with E-state index in [2.05, 4.69) is 21.2 Å². The van der Waals surface area contributed by atoms with E-state index in [1.165, 1.54) is 6.07 Å². The molecule has 1 aromatic rings. The highest BCUT2D eigenvalue weighted by Gasteiger charge is 2.16. The molecule has 1 rings (SSSR count). The van der Waals surface area contributed by atoms with Gasteiger partial charge in [-0.1, -0.05) is 15.9 Å². The number of alkyl carbamates (subject to hydrolysis) is 1. The number of carboxylic acid groups (broad SMARTS) is 1. The number of halogens is 1. The third-order valence-corrected chi connectivity index (χ3v) is 2.69. The van der Waals surface area contributed by atoms with Gasteiger partial charge in [-0.2, -0.15) is 0 Å². The molecule has 21 heavy (non-hydrogen) atoms. The summed E-state index contributed by atoms with van der Waals surface area (Å²) in [6.07, 6.45) is -0.541. The molecule has 0 atom stereocenters. The molecule has 6 nitrogen and oxygen atoms in total. The number of rotatable bonds is 5. The Hall–Kier alpha value is -1.76. The van der Waals surface area contributed by atoms with E-state index in [-0.39, 0.29) is 24.5 Å². The van der Waals surface area contributed by atoms with E-state index in [0.717, 1.165) is 0 Å². The van der Waals surface area contributed by atoms with E-state index >= 15 is 0 Å². The molecule has 0 unspecified atom stereocenters. The van der Waals surface area contributed by atoms with Crippen molar-refractivity contribution < 1.29 is 24.2 Å². The molecule has 1 amide bonds. The van der Waals surface area contributed by atoms with E-state index in [0.29, 0.717) is 4.47 Å². The van der Waals surface area contributed by atoms with Gasteiger partial charge < -0.3 is 19.9 Å². The van der Waals surface area contributed by atoms with Crippen LogP contribution in [0.2, 0.25) is 0 Å². The lowest BCUT2D eigenvalue weighted by molar-refractivity contribution is 0.0518. The normalized spacial score (nSPS) is 10.9. The van der Waals surface area contributed by atoms with E-state index in [1.807, 2.05) is 0 Å². The zero-order chi connectivity index (χ0) is 16.0. The quantitative estimate of drug-likeness (QED) is 0.789. The molecular weight excluding hydrogens is 342 g/mol. The first-order chi connectivity index (χ1) is 9.69. The third-order valence-electron chi connectivity index (χ3n) is 2.20. The van der Waals surface area contributed by atoms with Crippen LogP contribution in [0.15, 0.2) is 22.7 Å². The van der Waals surface area contributed by atoms with Crippen LogP contribution in [0.5, 0.6) is 5.75 Å². The van der Waals surface area contributed by atoms with Crippen molar-refractivity contribution in [1.29, 1.82) is 0 Å². The maximum Gasteiger partial charge on any atom is 0.407 e. The number of carboxylic acids is 1. The fraction of sp³-hybridized carbons (Fsp3) is 0.429. The molecule has 0 fully saturated rings. The number of nitrogens with one attached hydrogen (secondary N) is 1. The molecule has 116 valence electrons. The molecule has 1 aromatic carbocycles. The zero-order valence-electron chi connectivity index (χ0n) is 12.1. The van der Waals surface area contributed by atoms with Crippen molar-refractivity contribution in [1.82, 2.24) is 5.32 Å². The van der Waals surface area contributed by atoms with Gasteiger partial charge >= 0.3 is 12.1 Å². The summed E-state index contributed by atoms with van der Waals surface area (Å²) in [5.41, 5.74) is -0.505. The standard InChI is InChI=1S/C14H18BrNO5/c1-14(2,3)21-13(19)16-6-7-20-11-5-4-9(15)8-10(11)12(17)18/h4-5,8H,6-7H2,1-3H3,(H,16,19)(H,17,18). The van der Waals surface area contributed by atoms with Crippen molar-refractivity contribution in [2.24, 2.45) is 0 Å². The van der Waals surface area contributed by atoms with Crippen LogP contribution in [0.4, 0.5) is 4.79 Å². The topological polar surface area (TPSA) is 84.9 Å². The molecule has 0 aliphatic carbocycles. The first-order valence-corrected chi connectivity index (χ1v) is 7.11. The van der Waals surface area contributed by atoms with Gasteiger partial charge in [0, 0.05) is 4.47 Å². The molecule has 0 spiro atoms. The molecule has 0 aliphatic rings. The number of ether oxygens (including phenoxy) is 2. The summed E-state index contributed by atoms with van der Waals surface area (Å²) in [5, 5.41) is 11.6. The molecule has 0 aromatic heterocycles. The van der Waals surface area contributed by atoms with Crippen molar-refractivity contribution in [3.63, 3.8) is 0 Å². The summed E-state index contributed by atoms with van der Waals surface area (Å²) in [4.78, 5) is 22.5. The predicted octanol–water partition coefficient (Wildman–Crippen LogP) is 3.05. The summed E-state index contributed by atoms with van der Waals surface area (Å²) in [6, 6.07) is 4.70. The van der Waals surface area contributed by atoms with Gasteiger partial charge in [0.05, 0.1) is 6.54 Å². The first kappa shape index (κ1) is 17.3. The van der Waals surface area contributed by atoms with Crippen LogP contribution >= 0.6 is 15.9 Å². The Morgan fingerprint density at radius 3 is 2.57 bits per heavy atom. The van der Waals surface area contributed by atoms with Crippen LogP contribution < -0.4 is 10.1 Å². The fourth-order valence-corrected chi connectivity index (χ4v) is 1.78. The smallest absolute Gasteiger partial charge is 0.407 e. The van der Waals surface area contributed by atoms with E-state index in [4.69, 9.17) is 14.6 Å². The van der Waals surface area contributed by atoms with Crippen LogP contribution in [0.25, 0.3) is 0 Å². The van der Waals surface area contributed by atoms with Gasteiger partial charge in [0.1, 0.15) is 23.5 Å². The Kier molecular flexibility index (Phi) is 6.02. The van der Waals surface area contributed by atoms with Crippen molar-refractivity contribution in [2.45, 2.75) is 26.4 Å². The zero-order valence-corrected chi connectivity index (χ0v) is 13.7. The molecule has 0 aliphatic heterocycles. The summed E-state index contributed by atoms with van der Waals surface area (Å²) in [5.74, 6) is -0.830. The summed E-state index contributed by atoms with van der Waals surface area (Å²) in [7, 11) is 0. The minimum atomic E-state index is -1.08. The number of amides is 1. The average Bonchev–Trinajstić information content (AvgIpc) is 2.33. The molecule has 7 heteroatoms. The van der Waals surface area contributed by atoms with Crippen molar-refractivity contribution in [3.05, 3.63) is 28.2 Å². The lowest BCUT2D eigenvalue weighted by Crippen LogP contribution is -2.34. The maximum atomic E-state index is 11.4. The van der Waals surface area contributed by atoms with Gasteiger partial charge in [-0.05, 0) is 39.0 Å². The minimum absolute atomic E-state index is 0.0571. The Morgan fingerprint density at radius 2 is 2.00 bits per heavy atom. The summed E-state index contributed by atoms with van der Waals surface area (Å²) >= 11 is 3.20. The van der Waals surface area contributed by atoms with Crippen LogP contribution in [-0.4, -0.2) is 35.9 Å². The number of carbonyl (C=O) groups excluding carboxylic acids is 1. The van der Waals surface area contributed by atoms with Crippen molar-refractivity contribution >= 4 is 28.0 Å². The number of aromatic carboxylic acids is 1. The second-order valence-electron chi connectivity index (χ2n) is 5.22. The van der Waals surface area contributed by atoms with Crippen molar-refractivity contribution in [2.75, 3.05) is 13.2 Å². The number of benzene rings is 1. The highest BCUT2D eigenvalue weighted by atomic mass is 79.9. The van der Waals surface area contributed by atoms with Gasteiger partial charge in [-0.3, -0.25) is 0 Å². The predicted molar refractivity (Wildman–Crippen MR) is 80.8 cm³/mol. The molecule has 0 bridgehead atoms. The van der Waals surface area contributed by atoms with Crippen LogP contribution in [0.3, 0.4) is 0 Å². The number of hydrogen-bond donors (Lipinski definition) is 2. The van der Waals surface area contributed by atoms with E-state index in [1.54, 1.807) is 32.9 Å². The lowest BCUT2D eigenvalue weighted by Gasteiger charge is -2.19. The average molecular weight is 360 g/mol. The third kappa shape index (κ3) is 6.48. The van der Waals surface area contributed by atoms with Gasteiger partial charge in [-0.25, -0.2) is 9.59 Å². The van der Waals surface area contributed by atoms with E-state index in [9.17, 15) is 9.59 Å². The Bertz CT molecular complexity index is 525. The fourth-order valence-electron chi connectivity index (χ4n) is 1.42. The number of hydrogen-bond acceptors (Lipinski definition) is 4. The second-order valence-corrected chi connectivity index (χ2v) is 6.14. The summed E-state index contributed by atoms with van der Waals surface area (Å²) in [6.45, 7) is 5.66. The Morgan fingerprint density at radius 1 is 1.33 bits per heavy atom. The molecular formula is C14H18BrNO5. The van der Waals surface area contributed by atoms with Crippen LogP contribution in [-0.2, 0) is 4.74 Å². The van der Waals surface area contributed by atoms with Gasteiger partial charge in [0.2, 0.25) is 0 Å². The lowest BCUT2D eigenvalue weighted by atomic mass is 10.2. The van der Waals surface area contributed by atoms with Gasteiger partial charge in [0.15, 0.2) is 0 Å². The molecule has 0 saturated carbocycles. The first-order valence-electron chi connectivity index (χ1n) is 6.31. The molecule has 0 radical (unpaired) electrons. The second kappa shape index (κ2) is 7.31. The Balaban J connectivity index is 2.47. The summed E-state index contributed by atoms with van der Waals surface area (Å²) < 4.78 is 11.1. The van der Waals surface area contributed by atoms with Gasteiger partial charge in [0.25, 0.3) is 0 Å². The van der Waals surface area contributed by atoms with E-state index < -0.39 is 17.7 Å². The maximum absolute atomic E-state index is 11.4. The molecule has 2 N–H and O–H groups in total. The molecule has 0 heterocycles. The highest BCUT2D eigenvalue weighted by Crippen LogP contribution is 2.23. The molecule has 0 saturated heterocycles. The monoisotopic (exact) mass is 359 g/mol. The minimum Gasteiger partial charge on any atom is -0.491 e. The number of carbonyl (C=O) groups is 2.